The van der Waals surface area contributed by atoms with E-state index in [1.807, 2.05) is 12.3 Å². The van der Waals surface area contributed by atoms with Gasteiger partial charge in [0.25, 0.3) is 0 Å². The Morgan fingerprint density at radius 3 is 2.74 bits per heavy atom. The van der Waals surface area contributed by atoms with E-state index >= 15 is 0 Å². The number of aromatic nitrogens is 2. The van der Waals surface area contributed by atoms with Gasteiger partial charge in [-0.1, -0.05) is 19.6 Å². The van der Waals surface area contributed by atoms with Crippen LogP contribution >= 0.6 is 0 Å². The van der Waals surface area contributed by atoms with Gasteiger partial charge in [-0.2, -0.15) is 10.4 Å². The third-order valence-corrected chi connectivity index (χ3v) is 5.22. The van der Waals surface area contributed by atoms with Crippen LogP contribution in [0.4, 0.5) is 0 Å². The number of hydrogen-bond donors (Lipinski definition) is 0. The van der Waals surface area contributed by atoms with Gasteiger partial charge in [-0.15, -0.1) is 0 Å². The molecule has 5 nitrogen and oxygen atoms in total. The predicted octanol–water partition coefficient (Wildman–Crippen LogP) is 3.74. The average Bonchev–Trinajstić information content (AvgIpc) is 2.98. The van der Waals surface area contributed by atoms with Gasteiger partial charge >= 0.3 is 0 Å². The summed E-state index contributed by atoms with van der Waals surface area (Å²) in [6.45, 7) is 8.17. The van der Waals surface area contributed by atoms with Crippen molar-refractivity contribution in [3.05, 3.63) is 36.2 Å². The van der Waals surface area contributed by atoms with Crippen molar-refractivity contribution >= 4 is 8.07 Å². The maximum absolute atomic E-state index is 9.26. The molecule has 0 unspecified atom stereocenters. The standard InChI is InChI=1S/C17H23N3O2Si/c1-21-16-6-5-14(10-18)17(9-16)15-11-19-20(12-15)13-22-7-8-23(2,3)4/h5-6,9,11-12H,7-8,13H2,1-4H3. The van der Waals surface area contributed by atoms with E-state index in [2.05, 4.69) is 30.8 Å². The largest absolute Gasteiger partial charge is 0.497 e. The van der Waals surface area contributed by atoms with Gasteiger partial charge < -0.3 is 9.47 Å². The SMILES string of the molecule is COc1ccc(C#N)c(-c2cnn(COCC[Si](C)(C)C)c2)c1. The van der Waals surface area contributed by atoms with Crippen LogP contribution in [0.1, 0.15) is 5.56 Å². The van der Waals surface area contributed by atoms with Gasteiger partial charge in [-0.05, 0) is 24.2 Å². The van der Waals surface area contributed by atoms with Gasteiger partial charge in [0.2, 0.25) is 0 Å². The predicted molar refractivity (Wildman–Crippen MR) is 93.0 cm³/mol. The fourth-order valence-corrected chi connectivity index (χ4v) is 2.85. The smallest absolute Gasteiger partial charge is 0.139 e. The lowest BCUT2D eigenvalue weighted by molar-refractivity contribution is 0.0786. The van der Waals surface area contributed by atoms with Gasteiger partial charge in [0, 0.05) is 32.0 Å². The second-order valence-electron chi connectivity index (χ2n) is 6.64. The summed E-state index contributed by atoms with van der Waals surface area (Å²) < 4.78 is 12.7. The molecule has 0 aliphatic heterocycles. The number of methoxy groups -OCH3 is 1. The minimum Gasteiger partial charge on any atom is -0.497 e. The van der Waals surface area contributed by atoms with E-state index in [9.17, 15) is 5.26 Å². The molecule has 0 saturated carbocycles. The number of hydrogen-bond acceptors (Lipinski definition) is 4. The molecular weight excluding hydrogens is 306 g/mol. The fraction of sp³-hybridized carbons (Fsp3) is 0.412. The van der Waals surface area contributed by atoms with Gasteiger partial charge in [-0.3, -0.25) is 0 Å². The molecule has 122 valence electrons. The minimum absolute atomic E-state index is 0.427. The maximum atomic E-state index is 9.26. The van der Waals surface area contributed by atoms with E-state index in [1.54, 1.807) is 30.1 Å². The lowest BCUT2D eigenvalue weighted by atomic mass is 10.0. The highest BCUT2D eigenvalue weighted by atomic mass is 28.3. The lowest BCUT2D eigenvalue weighted by Gasteiger charge is -2.15. The molecular formula is C17H23N3O2Si. The average molecular weight is 329 g/mol. The van der Waals surface area contributed by atoms with Crippen LogP contribution in [-0.4, -0.2) is 31.6 Å². The molecule has 0 fully saturated rings. The van der Waals surface area contributed by atoms with Gasteiger partial charge in [0.05, 0.1) is 24.9 Å². The van der Waals surface area contributed by atoms with Crippen LogP contribution in [0, 0.1) is 11.3 Å². The van der Waals surface area contributed by atoms with E-state index in [0.717, 1.165) is 29.5 Å². The van der Waals surface area contributed by atoms with Crippen molar-refractivity contribution < 1.29 is 9.47 Å². The Labute approximate surface area is 138 Å². The van der Waals surface area contributed by atoms with Crippen molar-refractivity contribution in [1.29, 1.82) is 5.26 Å². The third-order valence-electron chi connectivity index (χ3n) is 3.51. The summed E-state index contributed by atoms with van der Waals surface area (Å²) in [6, 6.07) is 8.74. The van der Waals surface area contributed by atoms with E-state index in [4.69, 9.17) is 9.47 Å². The molecule has 1 heterocycles. The molecule has 0 bridgehead atoms. The van der Waals surface area contributed by atoms with E-state index in [0.29, 0.717) is 12.3 Å². The van der Waals surface area contributed by atoms with Crippen molar-refractivity contribution in [3.8, 4) is 22.9 Å². The summed E-state index contributed by atoms with van der Waals surface area (Å²) in [4.78, 5) is 0. The molecule has 0 aliphatic rings. The highest BCUT2D eigenvalue weighted by Gasteiger charge is 2.12. The first-order valence-electron chi connectivity index (χ1n) is 7.61. The summed E-state index contributed by atoms with van der Waals surface area (Å²) in [6.07, 6.45) is 3.64. The highest BCUT2D eigenvalue weighted by Crippen LogP contribution is 2.27. The lowest BCUT2D eigenvalue weighted by Crippen LogP contribution is -2.22. The number of nitriles is 1. The Morgan fingerprint density at radius 1 is 1.30 bits per heavy atom. The molecule has 1 aromatic carbocycles. The van der Waals surface area contributed by atoms with Crippen molar-refractivity contribution in [2.45, 2.75) is 32.4 Å². The summed E-state index contributed by atoms with van der Waals surface area (Å²) in [7, 11) is 0.542. The number of rotatable bonds is 7. The first-order valence-corrected chi connectivity index (χ1v) is 11.3. The fourth-order valence-electron chi connectivity index (χ4n) is 2.10. The summed E-state index contributed by atoms with van der Waals surface area (Å²) in [5.41, 5.74) is 2.31. The Morgan fingerprint density at radius 2 is 2.09 bits per heavy atom. The maximum Gasteiger partial charge on any atom is 0.139 e. The van der Waals surface area contributed by atoms with Crippen molar-refractivity contribution in [2.75, 3.05) is 13.7 Å². The summed E-state index contributed by atoms with van der Waals surface area (Å²) >= 11 is 0. The molecule has 0 N–H and O–H groups in total. The Kier molecular flexibility index (Phi) is 5.58. The molecule has 0 aliphatic carbocycles. The van der Waals surface area contributed by atoms with E-state index in [1.165, 1.54) is 0 Å². The van der Waals surface area contributed by atoms with Crippen LogP contribution in [0.2, 0.25) is 25.7 Å². The van der Waals surface area contributed by atoms with Crippen molar-refractivity contribution in [3.63, 3.8) is 0 Å². The van der Waals surface area contributed by atoms with Crippen LogP contribution in [0.3, 0.4) is 0 Å². The molecule has 2 rings (SSSR count). The van der Waals surface area contributed by atoms with Gasteiger partial charge in [0.15, 0.2) is 0 Å². The minimum atomic E-state index is -1.07. The van der Waals surface area contributed by atoms with Crippen LogP contribution in [-0.2, 0) is 11.5 Å². The second-order valence-corrected chi connectivity index (χ2v) is 12.3. The Balaban J connectivity index is 2.06. The second kappa shape index (κ2) is 7.44. The van der Waals surface area contributed by atoms with Gasteiger partial charge in [0.1, 0.15) is 12.5 Å². The zero-order chi connectivity index (χ0) is 16.9. The van der Waals surface area contributed by atoms with Crippen LogP contribution in [0.15, 0.2) is 30.6 Å². The van der Waals surface area contributed by atoms with E-state index in [-0.39, 0.29) is 0 Å². The van der Waals surface area contributed by atoms with Gasteiger partial charge in [-0.25, -0.2) is 4.68 Å². The van der Waals surface area contributed by atoms with Crippen molar-refractivity contribution in [2.24, 2.45) is 0 Å². The molecule has 2 aromatic rings. The number of ether oxygens (including phenoxy) is 2. The monoisotopic (exact) mass is 329 g/mol. The molecule has 23 heavy (non-hydrogen) atoms. The molecule has 0 amide bonds. The molecule has 0 spiro atoms. The molecule has 0 saturated heterocycles. The topological polar surface area (TPSA) is 60.1 Å². The Bertz CT molecular complexity index is 699. The Hall–Kier alpha value is -2.10. The molecule has 0 atom stereocenters. The zero-order valence-corrected chi connectivity index (χ0v) is 15.2. The highest BCUT2D eigenvalue weighted by molar-refractivity contribution is 6.76. The van der Waals surface area contributed by atoms with Crippen LogP contribution in [0.25, 0.3) is 11.1 Å². The summed E-state index contributed by atoms with van der Waals surface area (Å²) in [5.74, 6) is 0.720. The molecule has 0 radical (unpaired) electrons. The first-order chi connectivity index (χ1) is 10.9. The van der Waals surface area contributed by atoms with Crippen LogP contribution in [0.5, 0.6) is 5.75 Å². The normalized spacial score (nSPS) is 11.3. The number of nitrogens with zero attached hydrogens (tertiary/aromatic N) is 3. The van der Waals surface area contributed by atoms with E-state index < -0.39 is 8.07 Å². The quantitative estimate of drug-likeness (QED) is 0.573. The summed E-state index contributed by atoms with van der Waals surface area (Å²) in [5, 5.41) is 13.6. The van der Waals surface area contributed by atoms with Crippen molar-refractivity contribution in [1.82, 2.24) is 9.78 Å². The molecule has 1 aromatic heterocycles. The molecule has 6 heteroatoms. The zero-order valence-electron chi connectivity index (χ0n) is 14.2. The third kappa shape index (κ3) is 4.95. The van der Waals surface area contributed by atoms with Crippen LogP contribution < -0.4 is 4.74 Å². The first kappa shape index (κ1) is 17.3. The number of benzene rings is 1.